The van der Waals surface area contributed by atoms with E-state index in [1.807, 2.05) is 13.8 Å². The van der Waals surface area contributed by atoms with Crippen molar-refractivity contribution in [1.29, 1.82) is 0 Å². The van der Waals surface area contributed by atoms with Crippen molar-refractivity contribution < 1.29 is 32.6 Å². The van der Waals surface area contributed by atoms with E-state index in [0.717, 1.165) is 0 Å². The molecule has 0 heterocycles. The van der Waals surface area contributed by atoms with E-state index >= 15 is 0 Å². The lowest BCUT2D eigenvalue weighted by atomic mass is 9.90. The molecular weight excluding hydrogens is 377 g/mol. The van der Waals surface area contributed by atoms with E-state index in [1.54, 1.807) is 6.92 Å². The zero-order valence-corrected chi connectivity index (χ0v) is 16.9. The molecule has 3 N–H and O–H groups in total. The third-order valence-electron chi connectivity index (χ3n) is 3.95. The molecule has 0 aromatic rings. The van der Waals surface area contributed by atoms with Crippen molar-refractivity contribution in [2.24, 2.45) is 5.41 Å². The predicted molar refractivity (Wildman–Crippen MR) is 98.1 cm³/mol. The first-order valence-electron chi connectivity index (χ1n) is 9.04. The van der Waals surface area contributed by atoms with Crippen LogP contribution in [0.4, 0.5) is 13.2 Å². The van der Waals surface area contributed by atoms with Crippen LogP contribution in [0.25, 0.3) is 0 Å². The molecule has 1 aliphatic carbocycles. The molecule has 6 nitrogen and oxygen atoms in total. The summed E-state index contributed by atoms with van der Waals surface area (Å²) in [6, 6.07) is -0.554. The van der Waals surface area contributed by atoms with Gasteiger partial charge in [-0.25, -0.2) is 13.2 Å². The average Bonchev–Trinajstić information content (AvgIpc) is 2.53. The monoisotopic (exact) mass is 406 g/mol. The van der Waals surface area contributed by atoms with Gasteiger partial charge in [0.1, 0.15) is 11.7 Å². The maximum Gasteiger partial charge on any atom is 0.250 e. The van der Waals surface area contributed by atoms with Crippen molar-refractivity contribution >= 4 is 11.8 Å². The van der Waals surface area contributed by atoms with Crippen molar-refractivity contribution in [3.63, 3.8) is 0 Å². The maximum absolute atomic E-state index is 13.7. The highest BCUT2D eigenvalue weighted by atomic mass is 19.2. The first kappa shape index (κ1) is 24.2. The predicted octanol–water partition coefficient (Wildman–Crippen LogP) is 2.59. The lowest BCUT2D eigenvalue weighted by molar-refractivity contribution is -0.192. The van der Waals surface area contributed by atoms with Crippen LogP contribution in [-0.4, -0.2) is 48.1 Å². The van der Waals surface area contributed by atoms with Crippen LogP contribution in [0, 0.1) is 5.41 Å². The zero-order chi connectivity index (χ0) is 21.7. The molecule has 0 radical (unpaired) electrons. The van der Waals surface area contributed by atoms with Gasteiger partial charge in [-0.15, -0.1) is 0 Å². The molecule has 0 aliphatic heterocycles. The topological polar surface area (TPSA) is 87.7 Å². The molecule has 0 bridgehead atoms. The van der Waals surface area contributed by atoms with E-state index in [9.17, 15) is 27.9 Å². The Hall–Kier alpha value is -1.87. The summed E-state index contributed by atoms with van der Waals surface area (Å²) < 4.78 is 45.3. The second kappa shape index (κ2) is 9.56. The molecule has 0 aromatic carbocycles. The summed E-state index contributed by atoms with van der Waals surface area (Å²) in [6.45, 7) is 8.43. The minimum atomic E-state index is -2.04. The summed E-state index contributed by atoms with van der Waals surface area (Å²) in [5.74, 6) is -4.78. The van der Waals surface area contributed by atoms with Crippen LogP contribution >= 0.6 is 0 Å². The Balaban J connectivity index is 2.47. The molecule has 1 unspecified atom stereocenters. The van der Waals surface area contributed by atoms with Crippen molar-refractivity contribution in [2.75, 3.05) is 13.2 Å². The fraction of sp³-hybridized carbons (Fsp3) is 0.684. The molecule has 9 heteroatoms. The molecule has 0 saturated heterocycles. The van der Waals surface area contributed by atoms with Crippen LogP contribution in [0.15, 0.2) is 23.3 Å². The van der Waals surface area contributed by atoms with Gasteiger partial charge in [-0.05, 0) is 26.2 Å². The van der Waals surface area contributed by atoms with E-state index in [1.165, 1.54) is 13.8 Å². The summed E-state index contributed by atoms with van der Waals surface area (Å²) in [5.41, 5.74) is -0.990. The molecule has 2 atom stereocenters. The van der Waals surface area contributed by atoms with Gasteiger partial charge in [0.25, 0.3) is 5.91 Å². The lowest BCUT2D eigenvalue weighted by Gasteiger charge is -2.28. The van der Waals surface area contributed by atoms with Crippen LogP contribution in [0.3, 0.4) is 0 Å². The lowest BCUT2D eigenvalue weighted by Crippen LogP contribution is -2.44. The number of hydrogen-bond acceptors (Lipinski definition) is 4. The van der Waals surface area contributed by atoms with E-state index in [2.05, 4.69) is 10.6 Å². The van der Waals surface area contributed by atoms with Crippen molar-refractivity contribution in [1.82, 2.24) is 10.6 Å². The molecule has 0 spiro atoms. The molecule has 160 valence electrons. The highest BCUT2D eigenvalue weighted by Gasteiger charge is 2.29. The number of hydrogen-bond donors (Lipinski definition) is 3. The van der Waals surface area contributed by atoms with E-state index in [4.69, 9.17) is 4.74 Å². The second-order valence-electron chi connectivity index (χ2n) is 8.28. The van der Waals surface area contributed by atoms with Crippen molar-refractivity contribution in [3.8, 4) is 0 Å². The van der Waals surface area contributed by atoms with Gasteiger partial charge in [-0.1, -0.05) is 13.8 Å². The average molecular weight is 406 g/mol. The third-order valence-corrected chi connectivity index (χ3v) is 3.95. The number of carbonyl (C=O) groups excluding carboxylic acids is 2. The van der Waals surface area contributed by atoms with Crippen LogP contribution in [0.2, 0.25) is 0 Å². The van der Waals surface area contributed by atoms with Crippen LogP contribution in [0.5, 0.6) is 0 Å². The Kier molecular flexibility index (Phi) is 8.25. The Morgan fingerprint density at radius 1 is 1.32 bits per heavy atom. The normalized spacial score (nSPS) is 19.2. The van der Waals surface area contributed by atoms with E-state index < -0.39 is 53.0 Å². The van der Waals surface area contributed by atoms with Crippen LogP contribution in [0.1, 0.15) is 47.5 Å². The van der Waals surface area contributed by atoms with Gasteiger partial charge in [0.2, 0.25) is 5.91 Å². The van der Waals surface area contributed by atoms with Gasteiger partial charge in [0.15, 0.2) is 12.0 Å². The number of ether oxygens (including phenoxy) is 1. The summed E-state index contributed by atoms with van der Waals surface area (Å²) in [6.07, 6.45) is -2.22. The van der Waals surface area contributed by atoms with Gasteiger partial charge in [0, 0.05) is 31.5 Å². The summed E-state index contributed by atoms with van der Waals surface area (Å²) in [7, 11) is 0. The Labute approximate surface area is 163 Å². The van der Waals surface area contributed by atoms with Crippen molar-refractivity contribution in [2.45, 2.75) is 65.5 Å². The number of allylic oxidation sites excluding steroid dienone is 3. The number of amides is 2. The molecule has 0 fully saturated rings. The molecule has 0 saturated carbocycles. The standard InChI is InChI=1S/C19H29F3N2O4/c1-11(24-17(26)12-6-14(21)15(22)7-13(12)20)9-23-16(25)8-18(2,3)10-28-19(4,5)27/h7,11,14,27H,6,8-10H2,1-5H3,(H,23,25)(H,24,26)/t11-,14?/m0/s1. The summed E-state index contributed by atoms with van der Waals surface area (Å²) in [5, 5.41) is 14.7. The van der Waals surface area contributed by atoms with Crippen LogP contribution < -0.4 is 10.6 Å². The Bertz CT molecular complexity index is 654. The SMILES string of the molecule is C[C@@H](CNC(=O)CC(C)(C)COC(C)(C)O)NC(=O)C1=C(F)C=C(F)C(F)C1. The van der Waals surface area contributed by atoms with E-state index in [-0.39, 0.29) is 25.5 Å². The zero-order valence-electron chi connectivity index (χ0n) is 16.9. The largest absolute Gasteiger partial charge is 0.366 e. The van der Waals surface area contributed by atoms with Gasteiger partial charge in [-0.3, -0.25) is 9.59 Å². The molecule has 28 heavy (non-hydrogen) atoms. The van der Waals surface area contributed by atoms with Gasteiger partial charge in [-0.2, -0.15) is 0 Å². The number of rotatable bonds is 9. The minimum Gasteiger partial charge on any atom is -0.366 e. The smallest absolute Gasteiger partial charge is 0.250 e. The first-order chi connectivity index (χ1) is 12.7. The summed E-state index contributed by atoms with van der Waals surface area (Å²) >= 11 is 0. The quantitative estimate of drug-likeness (QED) is 0.514. The number of carbonyl (C=O) groups is 2. The van der Waals surface area contributed by atoms with E-state index in [0.29, 0.717) is 6.08 Å². The second-order valence-corrected chi connectivity index (χ2v) is 8.28. The highest BCUT2D eigenvalue weighted by Crippen LogP contribution is 2.28. The third kappa shape index (κ3) is 8.43. The number of halogens is 3. The fourth-order valence-corrected chi connectivity index (χ4v) is 2.42. The maximum atomic E-state index is 13.7. The number of nitrogens with one attached hydrogen (secondary N) is 2. The molecule has 0 aromatic heterocycles. The Morgan fingerprint density at radius 3 is 2.50 bits per heavy atom. The molecular formula is C19H29F3N2O4. The molecule has 1 aliphatic rings. The number of aliphatic hydroxyl groups is 1. The minimum absolute atomic E-state index is 0.0746. The molecule has 2 amide bonds. The fourth-order valence-electron chi connectivity index (χ4n) is 2.42. The number of alkyl halides is 1. The van der Waals surface area contributed by atoms with Crippen molar-refractivity contribution in [3.05, 3.63) is 23.3 Å². The highest BCUT2D eigenvalue weighted by molar-refractivity contribution is 5.95. The first-order valence-corrected chi connectivity index (χ1v) is 9.04. The Morgan fingerprint density at radius 2 is 1.93 bits per heavy atom. The van der Waals surface area contributed by atoms with Gasteiger partial charge >= 0.3 is 0 Å². The van der Waals surface area contributed by atoms with Crippen LogP contribution in [-0.2, 0) is 14.3 Å². The summed E-state index contributed by atoms with van der Waals surface area (Å²) in [4.78, 5) is 24.1. The molecule has 1 rings (SSSR count). The van der Waals surface area contributed by atoms with Gasteiger partial charge in [0.05, 0.1) is 12.2 Å². The van der Waals surface area contributed by atoms with Gasteiger partial charge < -0.3 is 20.5 Å².